The highest BCUT2D eigenvalue weighted by atomic mass is 32.1. The first-order valence-corrected chi connectivity index (χ1v) is 15.5. The third-order valence-electron chi connectivity index (χ3n) is 7.18. The molecule has 9 heteroatoms. The van der Waals surface area contributed by atoms with Crippen LogP contribution in [0.4, 0.5) is 0 Å². The van der Waals surface area contributed by atoms with E-state index in [4.69, 9.17) is 14.6 Å². The Hall–Kier alpha value is -5.02. The second-order valence-corrected chi connectivity index (χ2v) is 11.3. The Labute approximate surface area is 259 Å². The molecule has 0 bridgehead atoms. The summed E-state index contributed by atoms with van der Waals surface area (Å²) in [5.41, 5.74) is 4.22. The first kappa shape index (κ1) is 29.1. The first-order chi connectivity index (χ1) is 21.6. The molecular weight excluding hydrogens is 570 g/mol. The normalized spacial score (nSPS) is 12.0. The van der Waals surface area contributed by atoms with E-state index in [0.29, 0.717) is 21.9 Å². The zero-order valence-corrected chi connectivity index (χ0v) is 25.5. The number of benzene rings is 3. The molecule has 0 unspecified atom stereocenters. The minimum absolute atomic E-state index is 0.216. The fourth-order valence-corrected chi connectivity index (χ4v) is 5.71. The van der Waals surface area contributed by atoms with E-state index in [1.807, 2.05) is 102 Å². The molecule has 222 valence electrons. The summed E-state index contributed by atoms with van der Waals surface area (Å²) >= 11 is 1.31. The quantitative estimate of drug-likeness (QED) is 0.145. The van der Waals surface area contributed by atoms with Gasteiger partial charge >= 0.3 is 0 Å². The topological polar surface area (TPSA) is 83.5 Å². The predicted octanol–water partition coefficient (Wildman–Crippen LogP) is 6.69. The van der Waals surface area contributed by atoms with Crippen LogP contribution in [0.5, 0.6) is 11.5 Å². The number of fused-ring (bicyclic) bond motifs is 1. The molecule has 0 saturated heterocycles. The van der Waals surface area contributed by atoms with Gasteiger partial charge in [0.25, 0.3) is 5.56 Å². The molecule has 6 rings (SSSR count). The van der Waals surface area contributed by atoms with E-state index in [1.54, 1.807) is 13.2 Å². The zero-order chi connectivity index (χ0) is 30.3. The van der Waals surface area contributed by atoms with Crippen LogP contribution in [0.3, 0.4) is 0 Å². The van der Waals surface area contributed by atoms with Gasteiger partial charge in [-0.2, -0.15) is 14.6 Å². The molecule has 6 aromatic rings. The predicted molar refractivity (Wildman–Crippen MR) is 176 cm³/mol. The van der Waals surface area contributed by atoms with Crippen molar-refractivity contribution in [3.8, 4) is 28.4 Å². The number of methoxy groups -OCH3 is 1. The molecule has 0 amide bonds. The summed E-state index contributed by atoms with van der Waals surface area (Å²) in [4.78, 5) is 18.5. The highest BCUT2D eigenvalue weighted by molar-refractivity contribution is 7.15. The van der Waals surface area contributed by atoms with Crippen LogP contribution in [0.15, 0.2) is 89.9 Å². The van der Waals surface area contributed by atoms with Crippen LogP contribution in [0.25, 0.3) is 40.1 Å². The summed E-state index contributed by atoms with van der Waals surface area (Å²) in [5.74, 6) is 2.10. The molecule has 0 radical (unpaired) electrons. The van der Waals surface area contributed by atoms with E-state index in [9.17, 15) is 4.79 Å². The number of unbranched alkanes of at least 4 members (excludes halogenated alkanes) is 3. The number of ether oxygens (including phenoxy) is 2. The van der Waals surface area contributed by atoms with Gasteiger partial charge in [-0.05, 0) is 72.7 Å². The van der Waals surface area contributed by atoms with Crippen LogP contribution in [0, 0.1) is 0 Å². The summed E-state index contributed by atoms with van der Waals surface area (Å²) in [6.07, 6.45) is 12.2. The Morgan fingerprint density at radius 1 is 0.864 bits per heavy atom. The number of nitrogens with zero attached hydrogens (tertiary/aromatic N) is 5. The van der Waals surface area contributed by atoms with E-state index in [-0.39, 0.29) is 5.56 Å². The fourth-order valence-electron chi connectivity index (χ4n) is 4.80. The first-order valence-electron chi connectivity index (χ1n) is 14.7. The average Bonchev–Trinajstić information content (AvgIpc) is 3.75. The van der Waals surface area contributed by atoms with Crippen molar-refractivity contribution in [3.63, 3.8) is 0 Å². The molecule has 0 fully saturated rings. The highest BCUT2D eigenvalue weighted by Gasteiger charge is 2.14. The fraction of sp³-hybridized carbons (Fsp3) is 0.200. The van der Waals surface area contributed by atoms with Crippen molar-refractivity contribution in [2.45, 2.75) is 32.6 Å². The zero-order valence-electron chi connectivity index (χ0n) is 24.7. The van der Waals surface area contributed by atoms with Crippen molar-refractivity contribution in [1.82, 2.24) is 24.4 Å². The Bertz CT molecular complexity index is 1970. The Morgan fingerprint density at radius 2 is 1.64 bits per heavy atom. The number of para-hydroxylation sites is 1. The van der Waals surface area contributed by atoms with Crippen LogP contribution < -0.4 is 19.6 Å². The number of rotatable bonds is 12. The highest BCUT2D eigenvalue weighted by Crippen LogP contribution is 2.27. The largest absolute Gasteiger partial charge is 0.497 e. The van der Waals surface area contributed by atoms with E-state index in [2.05, 4.69) is 17.0 Å². The number of aromatic nitrogens is 5. The maximum absolute atomic E-state index is 13.4. The van der Waals surface area contributed by atoms with Crippen molar-refractivity contribution in [2.24, 2.45) is 0 Å². The number of hydrogen-bond donors (Lipinski definition) is 0. The van der Waals surface area contributed by atoms with Gasteiger partial charge in [-0.25, -0.2) is 4.68 Å². The lowest BCUT2D eigenvalue weighted by Crippen LogP contribution is -2.23. The molecule has 3 heterocycles. The molecule has 8 nitrogen and oxygen atoms in total. The molecule has 0 aliphatic rings. The maximum Gasteiger partial charge on any atom is 0.291 e. The molecule has 0 saturated carbocycles. The van der Waals surface area contributed by atoms with Gasteiger partial charge in [-0.1, -0.05) is 73.9 Å². The van der Waals surface area contributed by atoms with Crippen molar-refractivity contribution >= 4 is 34.5 Å². The van der Waals surface area contributed by atoms with E-state index >= 15 is 0 Å². The van der Waals surface area contributed by atoms with Gasteiger partial charge in [0, 0.05) is 17.3 Å². The molecule has 3 aromatic carbocycles. The van der Waals surface area contributed by atoms with Crippen molar-refractivity contribution in [2.75, 3.05) is 13.7 Å². The average molecular weight is 604 g/mol. The third-order valence-corrected chi connectivity index (χ3v) is 8.14. The summed E-state index contributed by atoms with van der Waals surface area (Å²) in [5, 5.41) is 9.36. The van der Waals surface area contributed by atoms with Gasteiger partial charge in [0.2, 0.25) is 4.96 Å². The maximum atomic E-state index is 13.4. The summed E-state index contributed by atoms with van der Waals surface area (Å²) in [7, 11) is 1.64. The molecular formula is C35H33N5O3S. The SMILES string of the molecule is CCCCCCOc1ccc(-c2nn(-c3ccccc3)cc2/C=c2\sc3nc(/C=C/c4ccc(OC)cc4)nn3c2=O)cc1. The third kappa shape index (κ3) is 6.63. The van der Waals surface area contributed by atoms with Gasteiger partial charge in [0.05, 0.1) is 23.9 Å². The van der Waals surface area contributed by atoms with Crippen LogP contribution in [0.2, 0.25) is 0 Å². The van der Waals surface area contributed by atoms with Gasteiger partial charge in [0.15, 0.2) is 5.82 Å². The molecule has 3 aromatic heterocycles. The lowest BCUT2D eigenvalue weighted by Gasteiger charge is -2.07. The summed E-state index contributed by atoms with van der Waals surface area (Å²) < 4.78 is 14.9. The smallest absolute Gasteiger partial charge is 0.291 e. The van der Waals surface area contributed by atoms with Crippen molar-refractivity contribution < 1.29 is 9.47 Å². The number of thiazole rings is 1. The van der Waals surface area contributed by atoms with Gasteiger partial charge in [-0.15, -0.1) is 5.10 Å². The Balaban J connectivity index is 1.29. The van der Waals surface area contributed by atoms with Crippen LogP contribution in [-0.4, -0.2) is 38.1 Å². The van der Waals surface area contributed by atoms with Crippen LogP contribution in [-0.2, 0) is 0 Å². The van der Waals surface area contributed by atoms with Gasteiger partial charge < -0.3 is 9.47 Å². The standard InChI is InChI=1S/C35H33N5O3S/c1-3-4-5-9-22-43-30-19-15-26(16-20-30)33-27(24-39(38-33)28-10-7-6-8-11-28)23-31-34(41)40-35(44-31)36-32(37-40)21-14-25-12-17-29(42-2)18-13-25/h6-8,10-21,23-24H,3-5,9,22H2,1-2H3/b21-14+,31-23-. The minimum Gasteiger partial charge on any atom is -0.497 e. The second kappa shape index (κ2) is 13.5. The molecule has 44 heavy (non-hydrogen) atoms. The van der Waals surface area contributed by atoms with E-state index < -0.39 is 0 Å². The van der Waals surface area contributed by atoms with Gasteiger partial charge in [-0.3, -0.25) is 4.79 Å². The van der Waals surface area contributed by atoms with Gasteiger partial charge in [0.1, 0.15) is 17.2 Å². The van der Waals surface area contributed by atoms with Crippen molar-refractivity contribution in [1.29, 1.82) is 0 Å². The lowest BCUT2D eigenvalue weighted by atomic mass is 10.1. The monoisotopic (exact) mass is 603 g/mol. The number of hydrogen-bond acceptors (Lipinski definition) is 7. The minimum atomic E-state index is -0.216. The Morgan fingerprint density at radius 3 is 2.36 bits per heavy atom. The molecule has 0 spiro atoms. The molecule has 0 aliphatic carbocycles. The van der Waals surface area contributed by atoms with Crippen LogP contribution >= 0.6 is 11.3 Å². The second-order valence-electron chi connectivity index (χ2n) is 10.3. The van der Waals surface area contributed by atoms with E-state index in [0.717, 1.165) is 46.0 Å². The Kier molecular flexibility index (Phi) is 8.93. The molecule has 0 aliphatic heterocycles. The summed E-state index contributed by atoms with van der Waals surface area (Å²) in [6.45, 7) is 2.91. The summed E-state index contributed by atoms with van der Waals surface area (Å²) in [6, 6.07) is 25.6. The molecule has 0 N–H and O–H groups in total. The lowest BCUT2D eigenvalue weighted by molar-refractivity contribution is 0.305. The van der Waals surface area contributed by atoms with E-state index in [1.165, 1.54) is 35.1 Å². The molecule has 0 atom stereocenters. The van der Waals surface area contributed by atoms with Crippen LogP contribution in [0.1, 0.15) is 49.6 Å². The van der Waals surface area contributed by atoms with Crippen molar-refractivity contribution in [3.05, 3.63) is 117 Å².